The van der Waals surface area contributed by atoms with Crippen LogP contribution in [0.5, 0.6) is 0 Å². The van der Waals surface area contributed by atoms with Gasteiger partial charge in [0.05, 0.1) is 12.6 Å². The maximum Gasteiger partial charge on any atom is 0.239 e. The van der Waals surface area contributed by atoms with E-state index in [1.165, 1.54) is 0 Å². The van der Waals surface area contributed by atoms with E-state index in [0.29, 0.717) is 19.5 Å². The summed E-state index contributed by atoms with van der Waals surface area (Å²) in [6, 6.07) is -0.453. The zero-order valence-electron chi connectivity index (χ0n) is 9.87. The van der Waals surface area contributed by atoms with Crippen molar-refractivity contribution in [2.24, 2.45) is 5.73 Å². The standard InChI is InChI=1S/C11H21N3O2/c1-2-3-5-9(12)11(16)14-7-4-6-13-10(15)8-14/h9H,2-8,12H2,1H3,(H,13,15). The minimum absolute atomic E-state index is 0.0893. The first kappa shape index (κ1) is 13.0. The van der Waals surface area contributed by atoms with E-state index in [9.17, 15) is 9.59 Å². The molecule has 16 heavy (non-hydrogen) atoms. The molecule has 0 bridgehead atoms. The van der Waals surface area contributed by atoms with Gasteiger partial charge >= 0.3 is 0 Å². The second kappa shape index (κ2) is 6.48. The number of carbonyl (C=O) groups is 2. The van der Waals surface area contributed by atoms with Crippen LogP contribution in [-0.2, 0) is 9.59 Å². The molecule has 0 aliphatic carbocycles. The summed E-state index contributed by atoms with van der Waals surface area (Å²) in [7, 11) is 0. The van der Waals surface area contributed by atoms with Crippen LogP contribution in [0.25, 0.3) is 0 Å². The molecule has 1 heterocycles. The highest BCUT2D eigenvalue weighted by Crippen LogP contribution is 2.04. The number of amides is 2. The zero-order valence-corrected chi connectivity index (χ0v) is 9.87. The fraction of sp³-hybridized carbons (Fsp3) is 0.818. The Kier molecular flexibility index (Phi) is 5.25. The van der Waals surface area contributed by atoms with Gasteiger partial charge in [0.15, 0.2) is 0 Å². The molecule has 0 spiro atoms. The minimum Gasteiger partial charge on any atom is -0.354 e. The summed E-state index contributed by atoms with van der Waals surface area (Å²) in [5.41, 5.74) is 5.81. The monoisotopic (exact) mass is 227 g/mol. The van der Waals surface area contributed by atoms with E-state index >= 15 is 0 Å². The molecule has 1 rings (SSSR count). The first-order valence-corrected chi connectivity index (χ1v) is 5.96. The second-order valence-electron chi connectivity index (χ2n) is 4.21. The third kappa shape index (κ3) is 3.81. The van der Waals surface area contributed by atoms with Crippen molar-refractivity contribution < 1.29 is 9.59 Å². The average molecular weight is 227 g/mol. The number of hydrogen-bond acceptors (Lipinski definition) is 3. The summed E-state index contributed by atoms with van der Waals surface area (Å²) in [4.78, 5) is 24.8. The fourth-order valence-corrected chi connectivity index (χ4v) is 1.78. The van der Waals surface area contributed by atoms with Gasteiger partial charge in [0, 0.05) is 13.1 Å². The van der Waals surface area contributed by atoms with Crippen LogP contribution in [0.1, 0.15) is 32.6 Å². The van der Waals surface area contributed by atoms with Crippen molar-refractivity contribution in [3.63, 3.8) is 0 Å². The molecule has 92 valence electrons. The molecule has 5 nitrogen and oxygen atoms in total. The van der Waals surface area contributed by atoms with E-state index < -0.39 is 6.04 Å². The van der Waals surface area contributed by atoms with Gasteiger partial charge in [-0.2, -0.15) is 0 Å². The molecule has 0 aromatic rings. The SMILES string of the molecule is CCCCC(N)C(=O)N1CCCNC(=O)C1. The number of nitrogens with two attached hydrogens (primary N) is 1. The topological polar surface area (TPSA) is 75.4 Å². The maximum atomic E-state index is 11.9. The summed E-state index contributed by atoms with van der Waals surface area (Å²) in [6.45, 7) is 3.49. The lowest BCUT2D eigenvalue weighted by atomic mass is 10.1. The molecule has 0 aromatic heterocycles. The molecule has 1 atom stereocenters. The molecular formula is C11H21N3O2. The van der Waals surface area contributed by atoms with Crippen molar-refractivity contribution >= 4 is 11.8 Å². The molecule has 0 radical (unpaired) electrons. The summed E-state index contributed by atoms with van der Waals surface area (Å²) in [6.07, 6.45) is 3.49. The normalized spacial score (nSPS) is 18.9. The van der Waals surface area contributed by atoms with Crippen molar-refractivity contribution in [2.45, 2.75) is 38.6 Å². The first-order chi connectivity index (χ1) is 7.65. The zero-order chi connectivity index (χ0) is 12.0. The Balaban J connectivity index is 2.47. The summed E-state index contributed by atoms with van der Waals surface area (Å²) < 4.78 is 0. The number of carbonyl (C=O) groups excluding carboxylic acids is 2. The molecule has 1 aliphatic heterocycles. The smallest absolute Gasteiger partial charge is 0.239 e. The van der Waals surface area contributed by atoms with Crippen LogP contribution in [0.2, 0.25) is 0 Å². The number of hydrogen-bond donors (Lipinski definition) is 2. The van der Waals surface area contributed by atoms with Gasteiger partial charge in [-0.3, -0.25) is 9.59 Å². The van der Waals surface area contributed by atoms with Crippen molar-refractivity contribution in [3.8, 4) is 0 Å². The average Bonchev–Trinajstić information content (AvgIpc) is 2.49. The van der Waals surface area contributed by atoms with Crippen molar-refractivity contribution in [2.75, 3.05) is 19.6 Å². The van der Waals surface area contributed by atoms with Crippen LogP contribution < -0.4 is 11.1 Å². The van der Waals surface area contributed by atoms with Crippen LogP contribution in [0, 0.1) is 0 Å². The van der Waals surface area contributed by atoms with E-state index in [0.717, 1.165) is 19.3 Å². The third-order valence-corrected chi connectivity index (χ3v) is 2.76. The van der Waals surface area contributed by atoms with Crippen LogP contribution in [0.4, 0.5) is 0 Å². The Hall–Kier alpha value is -1.10. The summed E-state index contributed by atoms with van der Waals surface area (Å²) >= 11 is 0. The number of nitrogens with one attached hydrogen (secondary N) is 1. The summed E-state index contributed by atoms with van der Waals surface area (Å²) in [5.74, 6) is -0.181. The van der Waals surface area contributed by atoms with Gasteiger partial charge in [-0.05, 0) is 12.8 Å². The minimum atomic E-state index is -0.453. The maximum absolute atomic E-state index is 11.9. The predicted molar refractivity (Wildman–Crippen MR) is 61.7 cm³/mol. The highest BCUT2D eigenvalue weighted by Gasteiger charge is 2.23. The third-order valence-electron chi connectivity index (χ3n) is 2.76. The van der Waals surface area contributed by atoms with Crippen LogP contribution in [0.3, 0.4) is 0 Å². The predicted octanol–water partition coefficient (Wildman–Crippen LogP) is -0.148. The number of nitrogens with zero attached hydrogens (tertiary/aromatic N) is 1. The molecule has 0 saturated carbocycles. The Labute approximate surface area is 96.4 Å². The molecule has 1 fully saturated rings. The first-order valence-electron chi connectivity index (χ1n) is 5.96. The lowest BCUT2D eigenvalue weighted by molar-refractivity contribution is -0.136. The van der Waals surface area contributed by atoms with Crippen molar-refractivity contribution in [1.29, 1.82) is 0 Å². The Morgan fingerprint density at radius 3 is 3.06 bits per heavy atom. The van der Waals surface area contributed by atoms with Gasteiger partial charge in [0.2, 0.25) is 11.8 Å². The van der Waals surface area contributed by atoms with Gasteiger partial charge in [-0.15, -0.1) is 0 Å². The highest BCUT2D eigenvalue weighted by molar-refractivity contribution is 5.87. The molecule has 1 saturated heterocycles. The molecule has 1 aliphatic rings. The van der Waals surface area contributed by atoms with Crippen LogP contribution >= 0.6 is 0 Å². The molecule has 0 aromatic carbocycles. The largest absolute Gasteiger partial charge is 0.354 e. The van der Waals surface area contributed by atoms with E-state index in [1.54, 1.807) is 4.90 Å². The summed E-state index contributed by atoms with van der Waals surface area (Å²) in [5, 5.41) is 2.74. The lowest BCUT2D eigenvalue weighted by Gasteiger charge is -2.22. The fourth-order valence-electron chi connectivity index (χ4n) is 1.78. The molecule has 3 N–H and O–H groups in total. The van der Waals surface area contributed by atoms with Crippen LogP contribution in [0.15, 0.2) is 0 Å². The molecule has 2 amide bonds. The lowest BCUT2D eigenvalue weighted by Crippen LogP contribution is -2.46. The van der Waals surface area contributed by atoms with E-state index in [1.807, 2.05) is 0 Å². The van der Waals surface area contributed by atoms with Gasteiger partial charge in [-0.1, -0.05) is 19.8 Å². The van der Waals surface area contributed by atoms with Crippen molar-refractivity contribution in [3.05, 3.63) is 0 Å². The number of unbranched alkanes of at least 4 members (excludes halogenated alkanes) is 1. The van der Waals surface area contributed by atoms with Crippen LogP contribution in [-0.4, -0.2) is 42.4 Å². The Morgan fingerprint density at radius 2 is 2.38 bits per heavy atom. The Morgan fingerprint density at radius 1 is 1.62 bits per heavy atom. The van der Waals surface area contributed by atoms with Gasteiger partial charge in [-0.25, -0.2) is 0 Å². The molecular weight excluding hydrogens is 206 g/mol. The Bertz CT molecular complexity index is 256. The van der Waals surface area contributed by atoms with Gasteiger partial charge < -0.3 is 16.0 Å². The van der Waals surface area contributed by atoms with Gasteiger partial charge in [0.25, 0.3) is 0 Å². The highest BCUT2D eigenvalue weighted by atomic mass is 16.2. The quantitative estimate of drug-likeness (QED) is 0.701. The van der Waals surface area contributed by atoms with E-state index in [4.69, 9.17) is 5.73 Å². The van der Waals surface area contributed by atoms with E-state index in [2.05, 4.69) is 12.2 Å². The van der Waals surface area contributed by atoms with Crippen molar-refractivity contribution in [1.82, 2.24) is 10.2 Å². The van der Waals surface area contributed by atoms with Gasteiger partial charge in [0.1, 0.15) is 0 Å². The van der Waals surface area contributed by atoms with E-state index in [-0.39, 0.29) is 18.4 Å². The molecule has 5 heteroatoms. The number of rotatable bonds is 4. The molecule has 1 unspecified atom stereocenters. The second-order valence-corrected chi connectivity index (χ2v) is 4.21.